The van der Waals surface area contributed by atoms with Crippen LogP contribution in [0.25, 0.3) is 0 Å². The highest BCUT2D eigenvalue weighted by molar-refractivity contribution is 5.98. The van der Waals surface area contributed by atoms with Gasteiger partial charge in [-0.15, -0.1) is 0 Å². The predicted octanol–water partition coefficient (Wildman–Crippen LogP) is 1.14. The molecule has 2 rings (SSSR count). The summed E-state index contributed by atoms with van der Waals surface area (Å²) in [4.78, 5) is 12.0. The summed E-state index contributed by atoms with van der Waals surface area (Å²) in [5, 5.41) is 14.3. The number of amides is 1. The molecule has 0 radical (unpaired) electrons. The molecule has 2 atom stereocenters. The molecule has 0 aliphatic carbocycles. The number of anilines is 1. The van der Waals surface area contributed by atoms with Gasteiger partial charge in [-0.3, -0.25) is 4.79 Å². The molecule has 1 amide bonds. The van der Waals surface area contributed by atoms with Crippen LogP contribution in [0.4, 0.5) is 5.69 Å². The van der Waals surface area contributed by atoms with Crippen molar-refractivity contribution in [3.05, 3.63) is 29.8 Å². The minimum atomic E-state index is -0.108. The fourth-order valence-corrected chi connectivity index (χ4v) is 2.09. The Kier molecular flexibility index (Phi) is 4.01. The van der Waals surface area contributed by atoms with Gasteiger partial charge in [-0.05, 0) is 37.6 Å². The smallest absolute Gasteiger partial charge is 0.230 e. The molecule has 102 valence electrons. The summed E-state index contributed by atoms with van der Waals surface area (Å²) in [7, 11) is 0. The van der Waals surface area contributed by atoms with E-state index in [1.807, 2.05) is 6.92 Å². The predicted molar refractivity (Wildman–Crippen MR) is 71.1 cm³/mol. The van der Waals surface area contributed by atoms with E-state index in [4.69, 9.17) is 15.7 Å². The maximum atomic E-state index is 12.0. The van der Waals surface area contributed by atoms with E-state index in [2.05, 4.69) is 10.5 Å². The van der Waals surface area contributed by atoms with E-state index < -0.39 is 0 Å². The SMILES string of the molecule is CC1OCCC1C(=O)Nc1ccc(C(N)=NO)cc1. The Balaban J connectivity index is 2.01. The number of nitrogens with zero attached hydrogens (tertiary/aromatic N) is 1. The Hall–Kier alpha value is -2.08. The first-order chi connectivity index (χ1) is 9.11. The third kappa shape index (κ3) is 3.03. The summed E-state index contributed by atoms with van der Waals surface area (Å²) in [6.45, 7) is 2.53. The normalized spacial score (nSPS) is 23.3. The van der Waals surface area contributed by atoms with Gasteiger partial charge in [-0.2, -0.15) is 0 Å². The zero-order valence-corrected chi connectivity index (χ0v) is 10.7. The molecule has 0 aromatic heterocycles. The first kappa shape index (κ1) is 13.4. The van der Waals surface area contributed by atoms with Crippen molar-refractivity contribution in [2.45, 2.75) is 19.4 Å². The van der Waals surface area contributed by atoms with Crippen molar-refractivity contribution in [1.82, 2.24) is 0 Å². The lowest BCUT2D eigenvalue weighted by molar-refractivity contribution is -0.121. The fraction of sp³-hybridized carbons (Fsp3) is 0.385. The number of ether oxygens (including phenoxy) is 1. The Morgan fingerprint density at radius 3 is 2.68 bits per heavy atom. The Morgan fingerprint density at radius 2 is 2.16 bits per heavy atom. The second-order valence-electron chi connectivity index (χ2n) is 4.52. The van der Waals surface area contributed by atoms with Gasteiger partial charge in [0.1, 0.15) is 0 Å². The van der Waals surface area contributed by atoms with Crippen molar-refractivity contribution < 1.29 is 14.7 Å². The van der Waals surface area contributed by atoms with E-state index >= 15 is 0 Å². The number of hydrogen-bond acceptors (Lipinski definition) is 4. The summed E-state index contributed by atoms with van der Waals surface area (Å²) in [5.74, 6) is -0.110. The highest BCUT2D eigenvalue weighted by Gasteiger charge is 2.30. The molecule has 0 spiro atoms. The van der Waals surface area contributed by atoms with Crippen molar-refractivity contribution in [2.75, 3.05) is 11.9 Å². The number of oxime groups is 1. The summed E-state index contributed by atoms with van der Waals surface area (Å²) >= 11 is 0. The number of rotatable bonds is 3. The molecule has 6 heteroatoms. The Bertz CT molecular complexity index is 484. The number of nitrogens with one attached hydrogen (secondary N) is 1. The number of carbonyl (C=O) groups is 1. The third-order valence-electron chi connectivity index (χ3n) is 3.27. The van der Waals surface area contributed by atoms with Gasteiger partial charge in [0.05, 0.1) is 12.0 Å². The number of amidine groups is 1. The van der Waals surface area contributed by atoms with Gasteiger partial charge >= 0.3 is 0 Å². The van der Waals surface area contributed by atoms with Crippen LogP contribution in [-0.4, -0.2) is 29.7 Å². The Morgan fingerprint density at radius 1 is 1.47 bits per heavy atom. The molecule has 0 bridgehead atoms. The molecule has 0 saturated carbocycles. The van der Waals surface area contributed by atoms with Crippen molar-refractivity contribution >= 4 is 17.4 Å². The van der Waals surface area contributed by atoms with Crippen LogP contribution >= 0.6 is 0 Å². The van der Waals surface area contributed by atoms with Gasteiger partial charge < -0.3 is 21.0 Å². The standard InChI is InChI=1S/C13H17N3O3/c1-8-11(6-7-19-8)13(17)15-10-4-2-9(3-5-10)12(14)16-18/h2-5,8,11,18H,6-7H2,1H3,(H2,14,16)(H,15,17). The van der Waals surface area contributed by atoms with Crippen LogP contribution in [0.5, 0.6) is 0 Å². The first-order valence-electron chi connectivity index (χ1n) is 6.12. The summed E-state index contributed by atoms with van der Waals surface area (Å²) < 4.78 is 5.37. The molecule has 4 N–H and O–H groups in total. The van der Waals surface area contributed by atoms with Crippen molar-refractivity contribution in [3.8, 4) is 0 Å². The van der Waals surface area contributed by atoms with Gasteiger partial charge in [0, 0.05) is 17.9 Å². The van der Waals surface area contributed by atoms with Gasteiger partial charge in [-0.1, -0.05) is 5.16 Å². The third-order valence-corrected chi connectivity index (χ3v) is 3.27. The highest BCUT2D eigenvalue weighted by Crippen LogP contribution is 2.22. The molecule has 1 saturated heterocycles. The lowest BCUT2D eigenvalue weighted by Gasteiger charge is -2.14. The number of hydrogen-bond donors (Lipinski definition) is 3. The monoisotopic (exact) mass is 263 g/mol. The average Bonchev–Trinajstić information content (AvgIpc) is 2.85. The van der Waals surface area contributed by atoms with E-state index in [1.54, 1.807) is 24.3 Å². The highest BCUT2D eigenvalue weighted by atomic mass is 16.5. The van der Waals surface area contributed by atoms with Crippen LogP contribution in [0, 0.1) is 5.92 Å². The van der Waals surface area contributed by atoms with Crippen LogP contribution in [0.15, 0.2) is 29.4 Å². The van der Waals surface area contributed by atoms with E-state index in [-0.39, 0.29) is 23.8 Å². The van der Waals surface area contributed by atoms with E-state index in [1.165, 1.54) is 0 Å². The first-order valence-corrected chi connectivity index (χ1v) is 6.12. The molecule has 1 fully saturated rings. The van der Waals surface area contributed by atoms with Gasteiger partial charge in [0.2, 0.25) is 5.91 Å². The molecule has 6 nitrogen and oxygen atoms in total. The maximum absolute atomic E-state index is 12.0. The molecule has 1 aromatic rings. The zero-order valence-electron chi connectivity index (χ0n) is 10.7. The molecule has 1 aromatic carbocycles. The molecule has 1 aliphatic rings. The van der Waals surface area contributed by atoms with Crippen molar-refractivity contribution in [2.24, 2.45) is 16.8 Å². The maximum Gasteiger partial charge on any atom is 0.230 e. The number of benzene rings is 1. The molecule has 19 heavy (non-hydrogen) atoms. The van der Waals surface area contributed by atoms with E-state index in [0.29, 0.717) is 17.9 Å². The lowest BCUT2D eigenvalue weighted by Crippen LogP contribution is -2.27. The fourth-order valence-electron chi connectivity index (χ4n) is 2.09. The van der Waals surface area contributed by atoms with E-state index in [0.717, 1.165) is 6.42 Å². The summed E-state index contributed by atoms with van der Waals surface area (Å²) in [6, 6.07) is 6.79. The molecular weight excluding hydrogens is 246 g/mol. The van der Waals surface area contributed by atoms with Crippen LogP contribution < -0.4 is 11.1 Å². The second kappa shape index (κ2) is 5.71. The van der Waals surface area contributed by atoms with Crippen LogP contribution in [0.1, 0.15) is 18.9 Å². The summed E-state index contributed by atoms with van der Waals surface area (Å²) in [5.41, 5.74) is 6.73. The minimum absolute atomic E-state index is 0.0377. The minimum Gasteiger partial charge on any atom is -0.409 e. The average molecular weight is 263 g/mol. The number of carbonyl (C=O) groups excluding carboxylic acids is 1. The quantitative estimate of drug-likeness (QED) is 0.330. The summed E-state index contributed by atoms with van der Waals surface area (Å²) in [6.07, 6.45) is 0.700. The largest absolute Gasteiger partial charge is 0.409 e. The molecule has 2 unspecified atom stereocenters. The lowest BCUT2D eigenvalue weighted by atomic mass is 10.0. The van der Waals surface area contributed by atoms with Crippen molar-refractivity contribution in [3.63, 3.8) is 0 Å². The second-order valence-corrected chi connectivity index (χ2v) is 4.52. The van der Waals surface area contributed by atoms with Crippen molar-refractivity contribution in [1.29, 1.82) is 0 Å². The Labute approximate surface area is 111 Å². The van der Waals surface area contributed by atoms with Crippen LogP contribution in [0.3, 0.4) is 0 Å². The van der Waals surface area contributed by atoms with E-state index in [9.17, 15) is 4.79 Å². The number of nitrogens with two attached hydrogens (primary N) is 1. The van der Waals surface area contributed by atoms with Gasteiger partial charge in [0.15, 0.2) is 5.84 Å². The molecular formula is C13H17N3O3. The van der Waals surface area contributed by atoms with Crippen LogP contribution in [-0.2, 0) is 9.53 Å². The molecule has 1 heterocycles. The molecule has 1 aliphatic heterocycles. The topological polar surface area (TPSA) is 96.9 Å². The van der Waals surface area contributed by atoms with Gasteiger partial charge in [-0.25, -0.2) is 0 Å². The zero-order chi connectivity index (χ0) is 13.8. The van der Waals surface area contributed by atoms with Gasteiger partial charge in [0.25, 0.3) is 0 Å². The van der Waals surface area contributed by atoms with Crippen LogP contribution in [0.2, 0.25) is 0 Å².